The van der Waals surface area contributed by atoms with E-state index in [-0.39, 0.29) is 12.8 Å². The topological polar surface area (TPSA) is 42.2 Å². The van der Waals surface area contributed by atoms with Gasteiger partial charge in [0.1, 0.15) is 0 Å². The predicted octanol–water partition coefficient (Wildman–Crippen LogP) is 1.84. The molecule has 1 aliphatic rings. The third kappa shape index (κ3) is 2.72. The number of halogens is 3. The molecule has 16 heavy (non-hydrogen) atoms. The molecule has 1 aromatic rings. The Morgan fingerprint density at radius 3 is 2.56 bits per heavy atom. The predicted molar refractivity (Wildman–Crippen MR) is 48.4 cm³/mol. The van der Waals surface area contributed by atoms with E-state index in [1.54, 1.807) is 0 Å². The standard InChI is InChI=1S/C9H12F3N3O/c10-9(11,12)7-1-3-15(4-2-7)5-8-13-6-16-14-8/h6-7H,1-5H2. The van der Waals surface area contributed by atoms with Gasteiger partial charge < -0.3 is 4.52 Å². The van der Waals surface area contributed by atoms with Crippen LogP contribution in [-0.2, 0) is 6.54 Å². The normalized spacial score (nSPS) is 20.2. The van der Waals surface area contributed by atoms with Crippen LogP contribution in [0.25, 0.3) is 0 Å². The van der Waals surface area contributed by atoms with Crippen LogP contribution in [-0.4, -0.2) is 34.3 Å². The van der Waals surface area contributed by atoms with E-state index in [0.717, 1.165) is 0 Å². The molecule has 4 nitrogen and oxygen atoms in total. The van der Waals surface area contributed by atoms with Crippen LogP contribution in [0.5, 0.6) is 0 Å². The molecule has 0 amide bonds. The SMILES string of the molecule is FC(F)(F)C1CCN(Cc2ncon2)CC1. The lowest BCUT2D eigenvalue weighted by molar-refractivity contribution is -0.185. The molecule has 1 fully saturated rings. The van der Waals surface area contributed by atoms with Crippen LogP contribution in [0.4, 0.5) is 13.2 Å². The quantitative estimate of drug-likeness (QED) is 0.784. The first-order valence-corrected chi connectivity index (χ1v) is 5.10. The van der Waals surface area contributed by atoms with Gasteiger partial charge in [-0.2, -0.15) is 18.2 Å². The molecule has 2 heterocycles. The summed E-state index contributed by atoms with van der Waals surface area (Å²) in [6, 6.07) is 0. The summed E-state index contributed by atoms with van der Waals surface area (Å²) in [6.07, 6.45) is -2.53. The number of alkyl halides is 3. The molecular formula is C9H12F3N3O. The van der Waals surface area contributed by atoms with Gasteiger partial charge in [-0.25, -0.2) is 0 Å². The smallest absolute Gasteiger partial charge is 0.343 e. The number of likely N-dealkylation sites (tertiary alicyclic amines) is 1. The summed E-state index contributed by atoms with van der Waals surface area (Å²) in [5, 5.41) is 3.63. The van der Waals surface area contributed by atoms with Gasteiger partial charge in [-0.3, -0.25) is 4.90 Å². The molecule has 1 aromatic heterocycles. The zero-order chi connectivity index (χ0) is 11.6. The van der Waals surface area contributed by atoms with E-state index in [9.17, 15) is 13.2 Å². The van der Waals surface area contributed by atoms with Crippen molar-refractivity contribution < 1.29 is 17.7 Å². The van der Waals surface area contributed by atoms with Gasteiger partial charge in [-0.15, -0.1) is 0 Å². The first kappa shape index (κ1) is 11.4. The van der Waals surface area contributed by atoms with Gasteiger partial charge in [0.25, 0.3) is 0 Å². The monoisotopic (exact) mass is 235 g/mol. The highest BCUT2D eigenvalue weighted by Gasteiger charge is 2.41. The summed E-state index contributed by atoms with van der Waals surface area (Å²) < 4.78 is 41.7. The molecule has 0 spiro atoms. The number of hydrogen-bond donors (Lipinski definition) is 0. The average molecular weight is 235 g/mol. The molecule has 0 aromatic carbocycles. The Kier molecular flexibility index (Phi) is 3.13. The Hall–Kier alpha value is -1.11. The molecule has 0 N–H and O–H groups in total. The zero-order valence-electron chi connectivity index (χ0n) is 8.57. The molecule has 0 atom stereocenters. The second-order valence-electron chi connectivity index (χ2n) is 3.94. The van der Waals surface area contributed by atoms with Crippen LogP contribution in [0.2, 0.25) is 0 Å². The number of nitrogens with zero attached hydrogens (tertiary/aromatic N) is 3. The van der Waals surface area contributed by atoms with Crippen molar-refractivity contribution in [2.45, 2.75) is 25.6 Å². The fourth-order valence-corrected chi connectivity index (χ4v) is 1.88. The van der Waals surface area contributed by atoms with Crippen molar-refractivity contribution >= 4 is 0 Å². The average Bonchev–Trinajstić information content (AvgIpc) is 2.70. The molecule has 0 saturated carbocycles. The molecule has 2 rings (SSSR count). The van der Waals surface area contributed by atoms with Gasteiger partial charge >= 0.3 is 6.18 Å². The fourth-order valence-electron chi connectivity index (χ4n) is 1.88. The van der Waals surface area contributed by atoms with Crippen molar-refractivity contribution in [3.63, 3.8) is 0 Å². The molecule has 1 aliphatic heterocycles. The zero-order valence-corrected chi connectivity index (χ0v) is 8.57. The van der Waals surface area contributed by atoms with Gasteiger partial charge in [0.15, 0.2) is 5.82 Å². The van der Waals surface area contributed by atoms with E-state index in [1.807, 2.05) is 4.90 Å². The van der Waals surface area contributed by atoms with E-state index in [1.165, 1.54) is 6.39 Å². The van der Waals surface area contributed by atoms with Crippen molar-refractivity contribution in [1.82, 2.24) is 15.0 Å². The Morgan fingerprint density at radius 2 is 2.06 bits per heavy atom. The number of hydrogen-bond acceptors (Lipinski definition) is 4. The summed E-state index contributed by atoms with van der Waals surface area (Å²) in [6.45, 7) is 1.32. The first-order valence-electron chi connectivity index (χ1n) is 5.10. The molecule has 1 saturated heterocycles. The number of piperidine rings is 1. The minimum absolute atomic E-state index is 0.154. The van der Waals surface area contributed by atoms with Crippen LogP contribution in [0.1, 0.15) is 18.7 Å². The van der Waals surface area contributed by atoms with Gasteiger partial charge in [0.05, 0.1) is 12.5 Å². The van der Waals surface area contributed by atoms with Crippen LogP contribution >= 0.6 is 0 Å². The number of aromatic nitrogens is 2. The third-order valence-electron chi connectivity index (χ3n) is 2.82. The lowest BCUT2D eigenvalue weighted by Crippen LogP contribution is -2.38. The number of rotatable bonds is 2. The van der Waals surface area contributed by atoms with E-state index in [2.05, 4.69) is 14.7 Å². The molecule has 7 heteroatoms. The maximum absolute atomic E-state index is 12.4. The van der Waals surface area contributed by atoms with Crippen LogP contribution in [0.15, 0.2) is 10.9 Å². The Morgan fingerprint density at radius 1 is 1.38 bits per heavy atom. The largest absolute Gasteiger partial charge is 0.391 e. The van der Waals surface area contributed by atoms with Crippen LogP contribution < -0.4 is 0 Å². The van der Waals surface area contributed by atoms with Gasteiger partial charge in [0, 0.05) is 0 Å². The van der Waals surface area contributed by atoms with E-state index in [0.29, 0.717) is 25.5 Å². The summed E-state index contributed by atoms with van der Waals surface area (Å²) in [5.74, 6) is -0.639. The third-order valence-corrected chi connectivity index (χ3v) is 2.82. The van der Waals surface area contributed by atoms with Gasteiger partial charge in [-0.1, -0.05) is 5.16 Å². The lowest BCUT2D eigenvalue weighted by atomic mass is 9.96. The second kappa shape index (κ2) is 4.40. The fraction of sp³-hybridized carbons (Fsp3) is 0.778. The minimum atomic E-state index is -4.06. The lowest BCUT2D eigenvalue weighted by Gasteiger charge is -2.31. The summed E-state index contributed by atoms with van der Waals surface area (Å²) in [4.78, 5) is 5.75. The molecular weight excluding hydrogens is 223 g/mol. The molecule has 0 unspecified atom stereocenters. The highest BCUT2D eigenvalue weighted by atomic mass is 19.4. The highest BCUT2D eigenvalue weighted by molar-refractivity contribution is 4.82. The summed E-state index contributed by atoms with van der Waals surface area (Å²) in [5.41, 5.74) is 0. The van der Waals surface area contributed by atoms with Crippen molar-refractivity contribution in [3.8, 4) is 0 Å². The second-order valence-corrected chi connectivity index (χ2v) is 3.94. The van der Waals surface area contributed by atoms with E-state index >= 15 is 0 Å². The van der Waals surface area contributed by atoms with Gasteiger partial charge in [0.2, 0.25) is 6.39 Å². The summed E-state index contributed by atoms with van der Waals surface area (Å²) in [7, 11) is 0. The van der Waals surface area contributed by atoms with E-state index < -0.39 is 12.1 Å². The molecule has 90 valence electrons. The highest BCUT2D eigenvalue weighted by Crippen LogP contribution is 2.34. The van der Waals surface area contributed by atoms with Crippen molar-refractivity contribution in [3.05, 3.63) is 12.2 Å². The van der Waals surface area contributed by atoms with Gasteiger partial charge in [-0.05, 0) is 25.9 Å². The minimum Gasteiger partial charge on any atom is -0.343 e. The van der Waals surface area contributed by atoms with Crippen LogP contribution in [0, 0.1) is 5.92 Å². The first-order chi connectivity index (χ1) is 7.55. The van der Waals surface area contributed by atoms with Crippen molar-refractivity contribution in [2.75, 3.05) is 13.1 Å². The van der Waals surface area contributed by atoms with Crippen molar-refractivity contribution in [2.24, 2.45) is 5.92 Å². The maximum Gasteiger partial charge on any atom is 0.391 e. The maximum atomic E-state index is 12.4. The Bertz CT molecular complexity index is 317. The molecule has 0 aliphatic carbocycles. The van der Waals surface area contributed by atoms with Crippen LogP contribution in [0.3, 0.4) is 0 Å². The molecule has 0 bridgehead atoms. The van der Waals surface area contributed by atoms with E-state index in [4.69, 9.17) is 0 Å². The summed E-state index contributed by atoms with van der Waals surface area (Å²) >= 11 is 0. The Balaban J connectivity index is 1.82. The van der Waals surface area contributed by atoms with Crippen molar-refractivity contribution in [1.29, 1.82) is 0 Å². The molecule has 0 radical (unpaired) electrons. The Labute approximate surface area is 90.4 Å².